The summed E-state index contributed by atoms with van der Waals surface area (Å²) in [6, 6.07) is 0. The number of carbonyl (C=O) groups is 1. The normalized spacial score (nSPS) is 12.5. The van der Waals surface area contributed by atoms with Gasteiger partial charge in [0.2, 0.25) is 0 Å². The van der Waals surface area contributed by atoms with Crippen LogP contribution in [-0.4, -0.2) is 27.2 Å². The zero-order chi connectivity index (χ0) is 9.68. The van der Waals surface area contributed by atoms with Crippen molar-refractivity contribution in [3.8, 4) is 0 Å². The molecule has 0 spiro atoms. The molecule has 0 aliphatic rings. The van der Waals surface area contributed by atoms with Gasteiger partial charge >= 0.3 is 5.97 Å². The van der Waals surface area contributed by atoms with Crippen molar-refractivity contribution in [1.82, 2.24) is 9.36 Å². The molecule has 0 aliphatic heterocycles. The molecule has 0 bridgehead atoms. The molecule has 0 fully saturated rings. The average Bonchev–Trinajstić information content (AvgIpc) is 2.57. The second-order valence-corrected chi connectivity index (χ2v) is 4.59. The van der Waals surface area contributed by atoms with Crippen molar-refractivity contribution in [2.45, 2.75) is 23.4 Å². The van der Waals surface area contributed by atoms with Gasteiger partial charge in [0.05, 0.1) is 6.61 Å². The van der Waals surface area contributed by atoms with Crippen molar-refractivity contribution < 1.29 is 9.53 Å². The minimum Gasteiger partial charge on any atom is -0.465 e. The molecule has 13 heavy (non-hydrogen) atoms. The van der Waals surface area contributed by atoms with Gasteiger partial charge in [-0.1, -0.05) is 11.8 Å². The standard InChI is InChI=1S/C7H10N2O2S2/c1-3-11-6(10)5(2)12-7-8-4-9-13-7/h4-5H,3H2,1-2H3. The van der Waals surface area contributed by atoms with Gasteiger partial charge in [-0.2, -0.15) is 4.37 Å². The molecule has 1 unspecified atom stereocenters. The van der Waals surface area contributed by atoms with Crippen molar-refractivity contribution >= 4 is 29.3 Å². The molecule has 1 atom stereocenters. The molecule has 0 aliphatic carbocycles. The zero-order valence-electron chi connectivity index (χ0n) is 7.39. The van der Waals surface area contributed by atoms with E-state index >= 15 is 0 Å². The van der Waals surface area contributed by atoms with Gasteiger partial charge in [0.15, 0.2) is 4.34 Å². The Balaban J connectivity index is 2.41. The van der Waals surface area contributed by atoms with Crippen LogP contribution in [0.15, 0.2) is 10.7 Å². The first kappa shape index (κ1) is 10.5. The third-order valence-electron chi connectivity index (χ3n) is 1.24. The van der Waals surface area contributed by atoms with E-state index in [9.17, 15) is 4.79 Å². The summed E-state index contributed by atoms with van der Waals surface area (Å²) in [7, 11) is 0. The van der Waals surface area contributed by atoms with Crippen LogP contribution in [0.1, 0.15) is 13.8 Å². The lowest BCUT2D eigenvalue weighted by atomic mass is 10.5. The molecule has 0 amide bonds. The van der Waals surface area contributed by atoms with E-state index in [0.717, 1.165) is 4.34 Å². The predicted molar refractivity (Wildman–Crippen MR) is 51.9 cm³/mol. The van der Waals surface area contributed by atoms with Crippen LogP contribution in [0.4, 0.5) is 0 Å². The summed E-state index contributed by atoms with van der Waals surface area (Å²) < 4.78 is 9.48. The number of esters is 1. The topological polar surface area (TPSA) is 52.1 Å². The van der Waals surface area contributed by atoms with Crippen LogP contribution in [0, 0.1) is 0 Å². The number of hydrogen-bond donors (Lipinski definition) is 0. The van der Waals surface area contributed by atoms with Crippen LogP contribution >= 0.6 is 23.3 Å². The van der Waals surface area contributed by atoms with Crippen LogP contribution in [0.3, 0.4) is 0 Å². The van der Waals surface area contributed by atoms with Gasteiger partial charge in [-0.25, -0.2) is 4.98 Å². The van der Waals surface area contributed by atoms with Crippen LogP contribution in [0.25, 0.3) is 0 Å². The molecule has 0 saturated carbocycles. The maximum atomic E-state index is 11.2. The summed E-state index contributed by atoms with van der Waals surface area (Å²) in [5.41, 5.74) is 0. The van der Waals surface area contributed by atoms with Gasteiger partial charge in [-0.15, -0.1) is 0 Å². The third kappa shape index (κ3) is 3.31. The molecule has 1 rings (SSSR count). The van der Waals surface area contributed by atoms with Gasteiger partial charge < -0.3 is 4.74 Å². The molecule has 0 saturated heterocycles. The monoisotopic (exact) mass is 218 g/mol. The lowest BCUT2D eigenvalue weighted by Gasteiger charge is -2.06. The van der Waals surface area contributed by atoms with Gasteiger partial charge in [0.1, 0.15) is 11.6 Å². The van der Waals surface area contributed by atoms with Gasteiger partial charge in [-0.3, -0.25) is 4.79 Å². The largest absolute Gasteiger partial charge is 0.465 e. The Hall–Kier alpha value is -0.620. The Morgan fingerprint density at radius 3 is 3.15 bits per heavy atom. The number of carbonyl (C=O) groups excluding carboxylic acids is 1. The van der Waals surface area contributed by atoms with Crippen LogP contribution in [0.5, 0.6) is 0 Å². The molecule has 0 N–H and O–H groups in total. The van der Waals surface area contributed by atoms with Crippen molar-refractivity contribution in [1.29, 1.82) is 0 Å². The fourth-order valence-corrected chi connectivity index (χ4v) is 2.26. The van der Waals surface area contributed by atoms with Crippen LogP contribution in [0.2, 0.25) is 0 Å². The van der Waals surface area contributed by atoms with Gasteiger partial charge in [-0.05, 0) is 25.4 Å². The quantitative estimate of drug-likeness (QED) is 0.567. The first-order chi connectivity index (χ1) is 6.24. The number of hydrogen-bond acceptors (Lipinski definition) is 6. The molecule has 6 heteroatoms. The lowest BCUT2D eigenvalue weighted by Crippen LogP contribution is -2.16. The molecular formula is C7H10N2O2S2. The van der Waals surface area contributed by atoms with E-state index in [2.05, 4.69) is 9.36 Å². The number of rotatable bonds is 4. The van der Waals surface area contributed by atoms with Crippen LogP contribution < -0.4 is 0 Å². The summed E-state index contributed by atoms with van der Waals surface area (Å²) >= 11 is 2.65. The second-order valence-electron chi connectivity index (χ2n) is 2.22. The number of ether oxygens (including phenoxy) is 1. The van der Waals surface area contributed by atoms with E-state index in [1.54, 1.807) is 13.8 Å². The van der Waals surface area contributed by atoms with Crippen molar-refractivity contribution in [2.24, 2.45) is 0 Å². The highest BCUT2D eigenvalue weighted by Crippen LogP contribution is 2.24. The minimum atomic E-state index is -0.215. The highest BCUT2D eigenvalue weighted by atomic mass is 32.2. The molecule has 1 aromatic heterocycles. The summed E-state index contributed by atoms with van der Waals surface area (Å²) in [5, 5.41) is -0.215. The Kier molecular flexibility index (Phi) is 4.17. The van der Waals surface area contributed by atoms with Gasteiger partial charge in [0.25, 0.3) is 0 Å². The zero-order valence-corrected chi connectivity index (χ0v) is 9.02. The first-order valence-corrected chi connectivity index (χ1v) is 5.49. The minimum absolute atomic E-state index is 0.206. The van der Waals surface area contributed by atoms with Crippen molar-refractivity contribution in [2.75, 3.05) is 6.61 Å². The van der Waals surface area contributed by atoms with Crippen molar-refractivity contribution in [3.63, 3.8) is 0 Å². The SMILES string of the molecule is CCOC(=O)C(C)Sc1ncns1. The van der Waals surface area contributed by atoms with E-state index in [-0.39, 0.29) is 11.2 Å². The first-order valence-electron chi connectivity index (χ1n) is 3.84. The van der Waals surface area contributed by atoms with Gasteiger partial charge in [0, 0.05) is 0 Å². The van der Waals surface area contributed by atoms with Crippen molar-refractivity contribution in [3.05, 3.63) is 6.33 Å². The molecule has 0 aromatic carbocycles. The van der Waals surface area contributed by atoms with Crippen LogP contribution in [-0.2, 0) is 9.53 Å². The average molecular weight is 218 g/mol. The van der Waals surface area contributed by atoms with E-state index in [0.29, 0.717) is 6.61 Å². The highest BCUT2D eigenvalue weighted by molar-refractivity contribution is 8.02. The molecule has 1 heterocycles. The fraction of sp³-hybridized carbons (Fsp3) is 0.571. The summed E-state index contributed by atoms with van der Waals surface area (Å²) in [6.07, 6.45) is 1.48. The summed E-state index contributed by atoms with van der Waals surface area (Å²) in [5.74, 6) is -0.206. The molecule has 72 valence electrons. The molecule has 1 aromatic rings. The third-order valence-corrected chi connectivity index (χ3v) is 3.06. The van der Waals surface area contributed by atoms with E-state index in [1.165, 1.54) is 29.6 Å². The Labute approximate surface area is 84.9 Å². The maximum absolute atomic E-state index is 11.2. The molecule has 0 radical (unpaired) electrons. The second kappa shape index (κ2) is 5.18. The number of thioether (sulfide) groups is 1. The number of aromatic nitrogens is 2. The Bertz CT molecular complexity index is 263. The smallest absolute Gasteiger partial charge is 0.319 e. The predicted octanol–water partition coefficient (Wildman–Crippen LogP) is 1.58. The summed E-state index contributed by atoms with van der Waals surface area (Å²) in [4.78, 5) is 15.1. The van der Waals surface area contributed by atoms with E-state index in [1.807, 2.05) is 0 Å². The Morgan fingerprint density at radius 1 is 1.85 bits per heavy atom. The Morgan fingerprint density at radius 2 is 2.62 bits per heavy atom. The maximum Gasteiger partial charge on any atom is 0.319 e. The molecular weight excluding hydrogens is 208 g/mol. The molecule has 4 nitrogen and oxygen atoms in total. The lowest BCUT2D eigenvalue weighted by molar-refractivity contribution is -0.142. The fourth-order valence-electron chi connectivity index (χ4n) is 0.674. The summed E-state index contributed by atoms with van der Waals surface area (Å²) in [6.45, 7) is 4.00. The van der Waals surface area contributed by atoms with E-state index in [4.69, 9.17) is 4.74 Å². The van der Waals surface area contributed by atoms with E-state index < -0.39 is 0 Å². The number of nitrogens with zero attached hydrogens (tertiary/aromatic N) is 2. The highest BCUT2D eigenvalue weighted by Gasteiger charge is 2.16.